The van der Waals surface area contributed by atoms with E-state index >= 15 is 0 Å². The van der Waals surface area contributed by atoms with E-state index in [0.29, 0.717) is 5.92 Å². The first-order chi connectivity index (χ1) is 12.6. The van der Waals surface area contributed by atoms with Gasteiger partial charge in [-0.15, -0.1) is 0 Å². The summed E-state index contributed by atoms with van der Waals surface area (Å²) in [5.41, 5.74) is 1.64. The number of alkyl halides is 3. The molecule has 3 nitrogen and oxygen atoms in total. The molecule has 0 saturated heterocycles. The van der Waals surface area contributed by atoms with Crippen LogP contribution in [0.15, 0.2) is 24.3 Å². The van der Waals surface area contributed by atoms with Gasteiger partial charge in [-0.2, -0.15) is 18.3 Å². The molecule has 4 rings (SSSR count). The third-order valence-corrected chi connectivity index (χ3v) is 5.59. The Hall–Kier alpha value is -1.98. The molecule has 0 atom stereocenters. The number of halogens is 3. The highest BCUT2D eigenvalue weighted by atomic mass is 19.4. The molecule has 2 aliphatic rings. The third-order valence-electron chi connectivity index (χ3n) is 5.59. The monoisotopic (exact) mass is 363 g/mol. The van der Waals surface area contributed by atoms with Crippen molar-refractivity contribution in [3.05, 3.63) is 41.1 Å². The topological polar surface area (TPSA) is 29.9 Å². The third kappa shape index (κ3) is 3.21. The second kappa shape index (κ2) is 6.97. The van der Waals surface area contributed by atoms with Crippen molar-refractivity contribution in [3.8, 4) is 5.69 Å². The number of aromatic nitrogens is 2. The van der Waals surface area contributed by atoms with Gasteiger partial charge in [-0.3, -0.25) is 0 Å². The largest absolute Gasteiger partial charge is 0.418 e. The summed E-state index contributed by atoms with van der Waals surface area (Å²) in [5, 5.41) is 8.12. The number of fused-ring (bicyclic) bond motifs is 1. The second-order valence-corrected chi connectivity index (χ2v) is 7.36. The van der Waals surface area contributed by atoms with Gasteiger partial charge in [-0.05, 0) is 44.2 Å². The van der Waals surface area contributed by atoms with Crippen LogP contribution in [0.1, 0.15) is 67.7 Å². The molecule has 1 fully saturated rings. The lowest BCUT2D eigenvalue weighted by Gasteiger charge is -2.20. The maximum Gasteiger partial charge on any atom is 0.418 e. The molecule has 1 aliphatic heterocycles. The quantitative estimate of drug-likeness (QED) is 0.743. The fourth-order valence-corrected chi connectivity index (χ4v) is 4.31. The zero-order valence-corrected chi connectivity index (χ0v) is 14.8. The van der Waals surface area contributed by atoms with Gasteiger partial charge in [0.05, 0.1) is 16.9 Å². The van der Waals surface area contributed by atoms with Gasteiger partial charge in [0.25, 0.3) is 0 Å². The van der Waals surface area contributed by atoms with Crippen LogP contribution in [-0.2, 0) is 12.6 Å². The summed E-state index contributed by atoms with van der Waals surface area (Å²) in [4.78, 5) is 0. The standard InChI is InChI=1S/C20H24F3N3/c21-20(22,23)16-11-4-5-12-17(16)26-19-15(10-6-7-13-24-19)18(25-26)14-8-2-1-3-9-14/h4-5,11-12,14,24H,1-3,6-10,13H2. The minimum absolute atomic E-state index is 0.118. The molecule has 6 heteroatoms. The van der Waals surface area contributed by atoms with Crippen molar-refractivity contribution < 1.29 is 13.2 Å². The maximum atomic E-state index is 13.5. The van der Waals surface area contributed by atoms with Gasteiger partial charge in [0, 0.05) is 18.0 Å². The average Bonchev–Trinajstić information content (AvgIpc) is 2.83. The molecule has 140 valence electrons. The van der Waals surface area contributed by atoms with E-state index in [1.54, 1.807) is 6.07 Å². The zero-order valence-electron chi connectivity index (χ0n) is 14.8. The number of anilines is 1. The van der Waals surface area contributed by atoms with Gasteiger partial charge in [0.2, 0.25) is 0 Å². The first kappa shape index (κ1) is 17.4. The lowest BCUT2D eigenvalue weighted by atomic mass is 9.85. The highest BCUT2D eigenvalue weighted by Gasteiger charge is 2.35. The number of nitrogens with one attached hydrogen (secondary N) is 1. The average molecular weight is 363 g/mol. The predicted molar refractivity (Wildman–Crippen MR) is 95.8 cm³/mol. The van der Waals surface area contributed by atoms with Crippen LogP contribution in [0.5, 0.6) is 0 Å². The Morgan fingerprint density at radius 2 is 1.77 bits per heavy atom. The lowest BCUT2D eigenvalue weighted by molar-refractivity contribution is -0.137. The highest BCUT2D eigenvalue weighted by Crippen LogP contribution is 2.40. The van der Waals surface area contributed by atoms with E-state index in [1.165, 1.54) is 36.1 Å². The van der Waals surface area contributed by atoms with Crippen LogP contribution in [0.25, 0.3) is 5.69 Å². The minimum atomic E-state index is -4.40. The molecule has 1 saturated carbocycles. The van der Waals surface area contributed by atoms with Gasteiger partial charge in [-0.25, -0.2) is 4.68 Å². The van der Waals surface area contributed by atoms with Crippen LogP contribution >= 0.6 is 0 Å². The van der Waals surface area contributed by atoms with E-state index in [-0.39, 0.29) is 5.69 Å². The summed E-state index contributed by atoms with van der Waals surface area (Å²) >= 11 is 0. The van der Waals surface area contributed by atoms with E-state index in [1.807, 2.05) is 0 Å². The molecular formula is C20H24F3N3. The van der Waals surface area contributed by atoms with Crippen LogP contribution in [-0.4, -0.2) is 16.3 Å². The Morgan fingerprint density at radius 3 is 2.54 bits per heavy atom. The summed E-state index contributed by atoms with van der Waals surface area (Å²) in [6.07, 6.45) is 4.35. The molecule has 0 radical (unpaired) electrons. The fourth-order valence-electron chi connectivity index (χ4n) is 4.31. The molecule has 0 spiro atoms. The molecule has 1 aromatic carbocycles. The summed E-state index contributed by atoms with van der Waals surface area (Å²) in [6.45, 7) is 0.775. The predicted octanol–water partition coefficient (Wildman–Crippen LogP) is 5.69. The SMILES string of the molecule is FC(F)(F)c1ccccc1-n1nc(C2CCCCC2)c2c1NCCCC2. The van der Waals surface area contributed by atoms with Crippen molar-refractivity contribution in [2.75, 3.05) is 11.9 Å². The van der Waals surface area contributed by atoms with Crippen LogP contribution < -0.4 is 5.32 Å². The minimum Gasteiger partial charge on any atom is -0.370 e. The molecule has 1 aromatic heterocycles. The lowest BCUT2D eigenvalue weighted by Crippen LogP contribution is -2.14. The molecule has 26 heavy (non-hydrogen) atoms. The Bertz CT molecular complexity index is 773. The molecule has 2 aromatic rings. The highest BCUT2D eigenvalue weighted by molar-refractivity contribution is 5.57. The van der Waals surface area contributed by atoms with Crippen LogP contribution in [0.2, 0.25) is 0 Å². The van der Waals surface area contributed by atoms with E-state index in [2.05, 4.69) is 5.32 Å². The number of para-hydroxylation sites is 1. The number of hydrogen-bond acceptors (Lipinski definition) is 2. The first-order valence-corrected chi connectivity index (χ1v) is 9.58. The van der Waals surface area contributed by atoms with E-state index in [0.717, 1.165) is 61.8 Å². The number of benzene rings is 1. The Labute approximate surface area is 151 Å². The molecule has 1 aliphatic carbocycles. The molecule has 1 N–H and O–H groups in total. The smallest absolute Gasteiger partial charge is 0.370 e. The maximum absolute atomic E-state index is 13.5. The molecule has 2 heterocycles. The van der Waals surface area contributed by atoms with Crippen molar-refractivity contribution in [3.63, 3.8) is 0 Å². The Kier molecular flexibility index (Phi) is 4.67. The Balaban J connectivity index is 1.86. The van der Waals surface area contributed by atoms with Crippen molar-refractivity contribution in [2.24, 2.45) is 0 Å². The summed E-state index contributed by atoms with van der Waals surface area (Å²) < 4.78 is 42.2. The van der Waals surface area contributed by atoms with Crippen LogP contribution in [0.3, 0.4) is 0 Å². The summed E-state index contributed by atoms with van der Waals surface area (Å²) in [7, 11) is 0. The zero-order chi connectivity index (χ0) is 18.1. The first-order valence-electron chi connectivity index (χ1n) is 9.58. The normalized spacial score (nSPS) is 18.9. The van der Waals surface area contributed by atoms with E-state index in [9.17, 15) is 13.2 Å². The molecule has 0 bridgehead atoms. The van der Waals surface area contributed by atoms with Crippen molar-refractivity contribution >= 4 is 5.82 Å². The Morgan fingerprint density at radius 1 is 1.00 bits per heavy atom. The van der Waals surface area contributed by atoms with Gasteiger partial charge < -0.3 is 5.32 Å². The van der Waals surface area contributed by atoms with Gasteiger partial charge >= 0.3 is 6.18 Å². The summed E-state index contributed by atoms with van der Waals surface area (Å²) in [6, 6.07) is 5.74. The number of hydrogen-bond donors (Lipinski definition) is 1. The van der Waals surface area contributed by atoms with Crippen molar-refractivity contribution in [2.45, 2.75) is 63.5 Å². The van der Waals surface area contributed by atoms with E-state index in [4.69, 9.17) is 5.10 Å². The fraction of sp³-hybridized carbons (Fsp3) is 0.550. The molecule has 0 unspecified atom stereocenters. The second-order valence-electron chi connectivity index (χ2n) is 7.36. The van der Waals surface area contributed by atoms with Crippen LogP contribution in [0.4, 0.5) is 19.0 Å². The van der Waals surface area contributed by atoms with Crippen molar-refractivity contribution in [1.29, 1.82) is 0 Å². The van der Waals surface area contributed by atoms with Gasteiger partial charge in [0.1, 0.15) is 5.82 Å². The molecular weight excluding hydrogens is 339 g/mol. The van der Waals surface area contributed by atoms with Crippen LogP contribution in [0, 0.1) is 0 Å². The van der Waals surface area contributed by atoms with Crippen molar-refractivity contribution in [1.82, 2.24) is 9.78 Å². The summed E-state index contributed by atoms with van der Waals surface area (Å²) in [5.74, 6) is 1.14. The number of nitrogens with zero attached hydrogens (tertiary/aromatic N) is 2. The number of rotatable bonds is 2. The van der Waals surface area contributed by atoms with Gasteiger partial charge in [0.15, 0.2) is 0 Å². The van der Waals surface area contributed by atoms with Gasteiger partial charge in [-0.1, -0.05) is 31.4 Å². The molecule has 0 amide bonds. The van der Waals surface area contributed by atoms with E-state index < -0.39 is 11.7 Å².